The fraction of sp³-hybridized carbons (Fsp3) is 0.619. The maximum absolute atomic E-state index is 13.3. The second-order valence-electron chi connectivity index (χ2n) is 8.82. The van der Waals surface area contributed by atoms with Crippen molar-refractivity contribution < 1.29 is 14.0 Å². The number of hydrogen-bond acceptors (Lipinski definition) is 2. The van der Waals surface area contributed by atoms with Crippen molar-refractivity contribution in [3.05, 3.63) is 35.6 Å². The zero-order valence-corrected chi connectivity index (χ0v) is 17.0. The van der Waals surface area contributed by atoms with Crippen LogP contribution in [0.5, 0.6) is 0 Å². The van der Waals surface area contributed by atoms with Crippen molar-refractivity contribution in [1.82, 2.24) is 15.5 Å². The van der Waals surface area contributed by atoms with E-state index in [1.54, 1.807) is 17.0 Å². The zero-order chi connectivity index (χ0) is 20.2. The molecule has 2 rings (SSSR count). The van der Waals surface area contributed by atoms with Gasteiger partial charge >= 0.3 is 6.03 Å². The average Bonchev–Trinajstić information content (AvgIpc) is 2.99. The van der Waals surface area contributed by atoms with Crippen molar-refractivity contribution in [3.8, 4) is 0 Å². The molecule has 1 aliphatic rings. The minimum absolute atomic E-state index is 0.0453. The van der Waals surface area contributed by atoms with Gasteiger partial charge in [0.15, 0.2) is 0 Å². The summed E-state index contributed by atoms with van der Waals surface area (Å²) in [6.45, 7) is 11.4. The number of amides is 3. The third-order valence-electron chi connectivity index (χ3n) is 4.74. The zero-order valence-electron chi connectivity index (χ0n) is 17.0. The molecule has 1 aliphatic heterocycles. The van der Waals surface area contributed by atoms with Crippen molar-refractivity contribution in [2.24, 2.45) is 11.8 Å². The van der Waals surface area contributed by atoms with Gasteiger partial charge in [0.2, 0.25) is 5.91 Å². The number of nitrogens with one attached hydrogen (secondary N) is 2. The Kier molecular flexibility index (Phi) is 6.84. The summed E-state index contributed by atoms with van der Waals surface area (Å²) in [4.78, 5) is 27.1. The molecule has 27 heavy (non-hydrogen) atoms. The van der Waals surface area contributed by atoms with E-state index < -0.39 is 0 Å². The SMILES string of the molecule is CC(C)CCNC(=O)[C@H]1CN(C(=O)NC(C)(C)C)C[C@H]1c1ccc(F)cc1. The van der Waals surface area contributed by atoms with Crippen molar-refractivity contribution in [2.75, 3.05) is 19.6 Å². The van der Waals surface area contributed by atoms with Gasteiger partial charge in [-0.25, -0.2) is 9.18 Å². The van der Waals surface area contributed by atoms with E-state index in [1.165, 1.54) is 12.1 Å². The van der Waals surface area contributed by atoms with E-state index in [1.807, 2.05) is 20.8 Å². The number of nitrogens with zero attached hydrogens (tertiary/aromatic N) is 1. The van der Waals surface area contributed by atoms with Gasteiger partial charge in [-0.3, -0.25) is 4.79 Å². The summed E-state index contributed by atoms with van der Waals surface area (Å²) in [5.41, 5.74) is 0.534. The largest absolute Gasteiger partial charge is 0.356 e. The predicted octanol–water partition coefficient (Wildman–Crippen LogP) is 3.51. The van der Waals surface area contributed by atoms with E-state index >= 15 is 0 Å². The highest BCUT2D eigenvalue weighted by molar-refractivity contribution is 5.83. The number of carbonyl (C=O) groups excluding carboxylic acids is 2. The Morgan fingerprint density at radius 2 is 1.81 bits per heavy atom. The predicted molar refractivity (Wildman–Crippen MR) is 105 cm³/mol. The number of urea groups is 1. The van der Waals surface area contributed by atoms with Gasteiger partial charge in [-0.05, 0) is 50.8 Å². The standard InChI is InChI=1S/C21H32FN3O2/c1-14(2)10-11-23-19(26)18-13-25(20(27)24-21(3,4)5)12-17(18)15-6-8-16(22)9-7-15/h6-9,14,17-18H,10-13H2,1-5H3,(H,23,26)(H,24,27)/t17-,18-/m0/s1. The molecule has 1 saturated heterocycles. The Morgan fingerprint density at radius 1 is 1.19 bits per heavy atom. The first kappa shape index (κ1) is 21.2. The average molecular weight is 378 g/mol. The van der Waals surface area contributed by atoms with Crippen LogP contribution >= 0.6 is 0 Å². The topological polar surface area (TPSA) is 61.4 Å². The number of hydrogen-bond donors (Lipinski definition) is 2. The lowest BCUT2D eigenvalue weighted by molar-refractivity contribution is -0.124. The third-order valence-corrected chi connectivity index (χ3v) is 4.74. The van der Waals surface area contributed by atoms with Crippen LogP contribution in [-0.2, 0) is 4.79 Å². The maximum Gasteiger partial charge on any atom is 0.317 e. The summed E-state index contributed by atoms with van der Waals surface area (Å²) in [7, 11) is 0. The lowest BCUT2D eigenvalue weighted by atomic mass is 9.88. The van der Waals surface area contributed by atoms with Crippen LogP contribution < -0.4 is 10.6 Å². The summed E-state index contributed by atoms with van der Waals surface area (Å²) in [6, 6.07) is 6.05. The molecule has 0 aliphatic carbocycles. The minimum Gasteiger partial charge on any atom is -0.356 e. The van der Waals surface area contributed by atoms with Crippen LogP contribution in [0.15, 0.2) is 24.3 Å². The van der Waals surface area contributed by atoms with Crippen molar-refractivity contribution >= 4 is 11.9 Å². The molecular weight excluding hydrogens is 345 g/mol. The molecule has 3 amide bonds. The second kappa shape index (κ2) is 8.72. The third kappa shape index (κ3) is 6.22. The van der Waals surface area contributed by atoms with E-state index in [9.17, 15) is 14.0 Å². The van der Waals surface area contributed by atoms with E-state index in [0.717, 1.165) is 12.0 Å². The number of likely N-dealkylation sites (tertiary alicyclic amines) is 1. The van der Waals surface area contributed by atoms with Gasteiger partial charge in [-0.15, -0.1) is 0 Å². The molecule has 0 spiro atoms. The first-order valence-electron chi connectivity index (χ1n) is 9.67. The van der Waals surface area contributed by atoms with Crippen LogP contribution in [0.2, 0.25) is 0 Å². The van der Waals surface area contributed by atoms with E-state index in [2.05, 4.69) is 24.5 Å². The van der Waals surface area contributed by atoms with Crippen LogP contribution in [0.4, 0.5) is 9.18 Å². The Hall–Kier alpha value is -2.11. The van der Waals surface area contributed by atoms with Gasteiger partial charge in [0, 0.05) is 31.1 Å². The van der Waals surface area contributed by atoms with Gasteiger partial charge in [0.25, 0.3) is 0 Å². The Bertz CT molecular complexity index is 652. The number of halogens is 1. The summed E-state index contributed by atoms with van der Waals surface area (Å²) in [6.07, 6.45) is 0.911. The molecule has 0 bridgehead atoms. The number of rotatable bonds is 5. The van der Waals surface area contributed by atoms with Crippen LogP contribution in [0, 0.1) is 17.7 Å². The summed E-state index contributed by atoms with van der Waals surface area (Å²) < 4.78 is 13.3. The highest BCUT2D eigenvalue weighted by Crippen LogP contribution is 2.33. The van der Waals surface area contributed by atoms with Crippen LogP contribution in [0.25, 0.3) is 0 Å². The van der Waals surface area contributed by atoms with Crippen LogP contribution in [-0.4, -0.2) is 42.0 Å². The highest BCUT2D eigenvalue weighted by Gasteiger charge is 2.40. The lowest BCUT2D eigenvalue weighted by Crippen LogP contribution is -2.48. The minimum atomic E-state index is -0.347. The quantitative estimate of drug-likeness (QED) is 0.825. The second-order valence-corrected chi connectivity index (χ2v) is 8.82. The maximum atomic E-state index is 13.3. The van der Waals surface area contributed by atoms with Gasteiger partial charge in [-0.1, -0.05) is 26.0 Å². The van der Waals surface area contributed by atoms with Crippen molar-refractivity contribution in [3.63, 3.8) is 0 Å². The van der Waals surface area contributed by atoms with E-state index in [4.69, 9.17) is 0 Å². The van der Waals surface area contributed by atoms with Gasteiger partial charge in [0.1, 0.15) is 5.82 Å². The Morgan fingerprint density at radius 3 is 2.37 bits per heavy atom. The number of benzene rings is 1. The molecular formula is C21H32FN3O2. The molecule has 1 aromatic carbocycles. The molecule has 6 heteroatoms. The molecule has 0 aromatic heterocycles. The molecule has 2 N–H and O–H groups in total. The fourth-order valence-corrected chi connectivity index (χ4v) is 3.30. The van der Waals surface area contributed by atoms with E-state index in [0.29, 0.717) is 25.6 Å². The molecule has 0 saturated carbocycles. The number of carbonyl (C=O) groups is 2. The lowest BCUT2D eigenvalue weighted by Gasteiger charge is -2.25. The Labute approximate surface area is 161 Å². The van der Waals surface area contributed by atoms with Crippen LogP contribution in [0.1, 0.15) is 52.5 Å². The molecule has 5 nitrogen and oxygen atoms in total. The molecule has 150 valence electrons. The first-order chi connectivity index (χ1) is 12.6. The summed E-state index contributed by atoms with van der Waals surface area (Å²) in [5, 5.41) is 5.96. The molecule has 1 heterocycles. The first-order valence-corrected chi connectivity index (χ1v) is 9.67. The Balaban J connectivity index is 2.15. The highest BCUT2D eigenvalue weighted by atomic mass is 19.1. The molecule has 1 aromatic rings. The normalized spacial score (nSPS) is 20.0. The summed E-state index contributed by atoms with van der Waals surface area (Å²) in [5.74, 6) is -0.326. The van der Waals surface area contributed by atoms with E-state index in [-0.39, 0.29) is 35.1 Å². The fourth-order valence-electron chi connectivity index (χ4n) is 3.30. The van der Waals surface area contributed by atoms with Gasteiger partial charge < -0.3 is 15.5 Å². The van der Waals surface area contributed by atoms with Crippen LogP contribution in [0.3, 0.4) is 0 Å². The molecule has 2 atom stereocenters. The van der Waals surface area contributed by atoms with Gasteiger partial charge in [0.05, 0.1) is 5.92 Å². The van der Waals surface area contributed by atoms with Crippen molar-refractivity contribution in [1.29, 1.82) is 0 Å². The van der Waals surface area contributed by atoms with Crippen molar-refractivity contribution in [2.45, 2.75) is 52.5 Å². The smallest absolute Gasteiger partial charge is 0.317 e. The van der Waals surface area contributed by atoms with Gasteiger partial charge in [-0.2, -0.15) is 0 Å². The molecule has 0 unspecified atom stereocenters. The molecule has 0 radical (unpaired) electrons. The monoisotopic (exact) mass is 377 g/mol. The summed E-state index contributed by atoms with van der Waals surface area (Å²) >= 11 is 0. The molecule has 1 fully saturated rings.